The first kappa shape index (κ1) is 14.3. The minimum Gasteiger partial charge on any atom is -0.381 e. The van der Waals surface area contributed by atoms with Crippen LogP contribution >= 0.6 is 0 Å². The lowest BCUT2D eigenvalue weighted by Gasteiger charge is -2.33. The third-order valence-corrected chi connectivity index (χ3v) is 4.57. The van der Waals surface area contributed by atoms with Crippen LogP contribution in [0.5, 0.6) is 0 Å². The van der Waals surface area contributed by atoms with Gasteiger partial charge in [0.2, 0.25) is 0 Å². The van der Waals surface area contributed by atoms with Crippen molar-refractivity contribution >= 4 is 16.6 Å². The first-order valence-electron chi connectivity index (χ1n) is 8.33. The predicted octanol–water partition coefficient (Wildman–Crippen LogP) is 3.64. The molecule has 3 aromatic rings. The molecule has 1 aliphatic rings. The lowest BCUT2D eigenvalue weighted by molar-refractivity contribution is 0.208. The van der Waals surface area contributed by atoms with Gasteiger partial charge in [0.15, 0.2) is 0 Å². The van der Waals surface area contributed by atoms with Gasteiger partial charge in [-0.1, -0.05) is 30.3 Å². The average molecular weight is 306 g/mol. The minimum absolute atomic E-state index is 0.511. The van der Waals surface area contributed by atoms with Gasteiger partial charge < -0.3 is 5.32 Å². The SMILES string of the molecule is c1ccc(CN2CCC[C@H](Nc3ccc4[nH]ncc4c3)C2)cc1. The van der Waals surface area contributed by atoms with Crippen molar-refractivity contribution in [2.75, 3.05) is 18.4 Å². The largest absolute Gasteiger partial charge is 0.381 e. The Morgan fingerprint density at radius 2 is 2.09 bits per heavy atom. The molecule has 0 radical (unpaired) electrons. The number of anilines is 1. The van der Waals surface area contributed by atoms with Gasteiger partial charge in [-0.05, 0) is 43.1 Å². The van der Waals surface area contributed by atoms with Crippen LogP contribution in [-0.2, 0) is 6.54 Å². The second kappa shape index (κ2) is 6.42. The number of hydrogen-bond acceptors (Lipinski definition) is 3. The molecule has 4 heteroatoms. The van der Waals surface area contributed by atoms with Gasteiger partial charge in [-0.25, -0.2) is 0 Å². The third kappa shape index (κ3) is 3.37. The summed E-state index contributed by atoms with van der Waals surface area (Å²) in [6, 6.07) is 17.7. The molecule has 4 nitrogen and oxygen atoms in total. The Morgan fingerprint density at radius 1 is 1.17 bits per heavy atom. The third-order valence-electron chi connectivity index (χ3n) is 4.57. The standard InChI is InChI=1S/C19H22N4/c1-2-5-15(6-3-1)13-23-10-4-7-18(14-23)21-17-8-9-19-16(11-17)12-20-22-19/h1-3,5-6,8-9,11-12,18,21H,4,7,10,13-14H2,(H,20,22)/t18-/m0/s1. The van der Waals surface area contributed by atoms with E-state index in [4.69, 9.17) is 0 Å². The summed E-state index contributed by atoms with van der Waals surface area (Å²) >= 11 is 0. The molecule has 118 valence electrons. The molecule has 0 saturated carbocycles. The molecule has 1 aromatic heterocycles. The number of nitrogens with one attached hydrogen (secondary N) is 2. The van der Waals surface area contributed by atoms with Crippen molar-refractivity contribution in [3.05, 3.63) is 60.3 Å². The molecule has 1 fully saturated rings. The normalized spacial score (nSPS) is 19.0. The van der Waals surface area contributed by atoms with Crippen LogP contribution in [0.25, 0.3) is 10.9 Å². The van der Waals surface area contributed by atoms with E-state index in [-0.39, 0.29) is 0 Å². The highest BCUT2D eigenvalue weighted by atomic mass is 15.2. The van der Waals surface area contributed by atoms with Crippen molar-refractivity contribution in [3.63, 3.8) is 0 Å². The van der Waals surface area contributed by atoms with Gasteiger partial charge in [0.05, 0.1) is 11.7 Å². The highest BCUT2D eigenvalue weighted by Gasteiger charge is 2.19. The quantitative estimate of drug-likeness (QED) is 0.773. The van der Waals surface area contributed by atoms with Gasteiger partial charge in [0.25, 0.3) is 0 Å². The van der Waals surface area contributed by atoms with Crippen LogP contribution in [0, 0.1) is 0 Å². The van der Waals surface area contributed by atoms with E-state index >= 15 is 0 Å². The molecule has 1 atom stereocenters. The second-order valence-electron chi connectivity index (χ2n) is 6.38. The molecular weight excluding hydrogens is 284 g/mol. The molecule has 0 bridgehead atoms. The minimum atomic E-state index is 0.511. The summed E-state index contributed by atoms with van der Waals surface area (Å²) in [5.74, 6) is 0. The fraction of sp³-hybridized carbons (Fsp3) is 0.316. The maximum atomic E-state index is 4.09. The Bertz CT molecular complexity index is 765. The summed E-state index contributed by atoms with van der Waals surface area (Å²) in [6.07, 6.45) is 4.36. The van der Waals surface area contributed by atoms with E-state index < -0.39 is 0 Å². The maximum absolute atomic E-state index is 4.09. The molecule has 2 heterocycles. The van der Waals surface area contributed by atoms with Crippen molar-refractivity contribution in [2.45, 2.75) is 25.4 Å². The number of nitrogens with zero attached hydrogens (tertiary/aromatic N) is 2. The molecular formula is C19H22N4. The summed E-state index contributed by atoms with van der Waals surface area (Å²) < 4.78 is 0. The molecule has 2 aromatic carbocycles. The van der Waals surface area contributed by atoms with Crippen LogP contribution in [-0.4, -0.2) is 34.2 Å². The number of H-pyrrole nitrogens is 1. The number of hydrogen-bond donors (Lipinski definition) is 2. The van der Waals surface area contributed by atoms with Crippen LogP contribution in [0.3, 0.4) is 0 Å². The van der Waals surface area contributed by atoms with Gasteiger partial charge in [0, 0.05) is 30.2 Å². The van der Waals surface area contributed by atoms with Gasteiger partial charge in [-0.3, -0.25) is 10.00 Å². The van der Waals surface area contributed by atoms with E-state index in [1.807, 2.05) is 6.20 Å². The van der Waals surface area contributed by atoms with Gasteiger partial charge in [0.1, 0.15) is 0 Å². The smallest absolute Gasteiger partial charge is 0.0651 e. The van der Waals surface area contributed by atoms with Crippen molar-refractivity contribution < 1.29 is 0 Å². The predicted molar refractivity (Wildman–Crippen MR) is 94.5 cm³/mol. The maximum Gasteiger partial charge on any atom is 0.0651 e. The molecule has 2 N–H and O–H groups in total. The van der Waals surface area contributed by atoms with Crippen LogP contribution in [0.1, 0.15) is 18.4 Å². The Hall–Kier alpha value is -2.33. The highest BCUT2D eigenvalue weighted by molar-refractivity contribution is 5.81. The van der Waals surface area contributed by atoms with Gasteiger partial charge in [-0.15, -0.1) is 0 Å². The number of fused-ring (bicyclic) bond motifs is 1. The summed E-state index contributed by atoms with van der Waals surface area (Å²) in [4.78, 5) is 2.55. The molecule has 23 heavy (non-hydrogen) atoms. The van der Waals surface area contributed by atoms with Crippen molar-refractivity contribution in [2.24, 2.45) is 0 Å². The zero-order chi connectivity index (χ0) is 15.5. The zero-order valence-electron chi connectivity index (χ0n) is 13.2. The first-order chi connectivity index (χ1) is 11.4. The number of rotatable bonds is 4. The fourth-order valence-electron chi connectivity index (χ4n) is 3.43. The molecule has 0 aliphatic carbocycles. The van der Waals surface area contributed by atoms with Gasteiger partial charge in [-0.2, -0.15) is 5.10 Å². The van der Waals surface area contributed by atoms with E-state index in [2.05, 4.69) is 68.9 Å². The van der Waals surface area contributed by atoms with Crippen molar-refractivity contribution in [3.8, 4) is 0 Å². The number of benzene rings is 2. The summed E-state index contributed by atoms with van der Waals surface area (Å²) in [5.41, 5.74) is 3.67. The van der Waals surface area contributed by atoms with Crippen LogP contribution in [0.4, 0.5) is 5.69 Å². The van der Waals surface area contributed by atoms with E-state index in [9.17, 15) is 0 Å². The molecule has 4 rings (SSSR count). The number of aromatic nitrogens is 2. The van der Waals surface area contributed by atoms with Crippen molar-refractivity contribution in [1.29, 1.82) is 0 Å². The number of aromatic amines is 1. The van der Waals surface area contributed by atoms with Crippen LogP contribution < -0.4 is 5.32 Å². The molecule has 0 unspecified atom stereocenters. The molecule has 0 spiro atoms. The van der Waals surface area contributed by atoms with Crippen LogP contribution in [0.2, 0.25) is 0 Å². The van der Waals surface area contributed by atoms with E-state index in [1.54, 1.807) is 0 Å². The van der Waals surface area contributed by atoms with Crippen LogP contribution in [0.15, 0.2) is 54.7 Å². The topological polar surface area (TPSA) is 44.0 Å². The monoisotopic (exact) mass is 306 g/mol. The Balaban J connectivity index is 1.40. The first-order valence-corrected chi connectivity index (χ1v) is 8.33. The summed E-state index contributed by atoms with van der Waals surface area (Å²) in [5, 5.41) is 11.9. The van der Waals surface area contributed by atoms with Gasteiger partial charge >= 0.3 is 0 Å². The van der Waals surface area contributed by atoms with E-state index in [1.165, 1.54) is 30.6 Å². The summed E-state index contributed by atoms with van der Waals surface area (Å²) in [7, 11) is 0. The second-order valence-corrected chi connectivity index (χ2v) is 6.38. The Morgan fingerprint density at radius 3 is 3.00 bits per heavy atom. The number of piperidine rings is 1. The van der Waals surface area contributed by atoms with E-state index in [0.29, 0.717) is 6.04 Å². The lowest BCUT2D eigenvalue weighted by Crippen LogP contribution is -2.41. The molecule has 1 saturated heterocycles. The average Bonchev–Trinajstić information content (AvgIpc) is 3.04. The Labute approximate surface area is 136 Å². The highest BCUT2D eigenvalue weighted by Crippen LogP contribution is 2.21. The zero-order valence-corrected chi connectivity index (χ0v) is 13.2. The molecule has 0 amide bonds. The molecule has 1 aliphatic heterocycles. The summed E-state index contributed by atoms with van der Waals surface area (Å²) in [6.45, 7) is 3.33. The lowest BCUT2D eigenvalue weighted by atomic mass is 10.0. The Kier molecular flexibility index (Phi) is 3.99. The fourth-order valence-corrected chi connectivity index (χ4v) is 3.43. The number of likely N-dealkylation sites (tertiary alicyclic amines) is 1. The van der Waals surface area contributed by atoms with E-state index in [0.717, 1.165) is 24.0 Å². The van der Waals surface area contributed by atoms with Crippen molar-refractivity contribution in [1.82, 2.24) is 15.1 Å².